The first-order valence-electron chi connectivity index (χ1n) is 8.82. The zero-order valence-electron chi connectivity index (χ0n) is 15.7. The standard InChI is InChI=1S/C21H21ClN2O4/c1-14(25)24(2)13-16-5-3-4-6-18(16)23-20(26)8-7-15-11-17(22)21-19(12-15)27-9-10-28-21/h3-8,11-12H,9-10,13H2,1-2H3,(H,23,26)/b8-7+. The number of ether oxygens (including phenoxy) is 2. The van der Waals surface area contributed by atoms with Crippen molar-refractivity contribution in [2.24, 2.45) is 0 Å². The molecule has 7 heteroatoms. The molecular weight excluding hydrogens is 380 g/mol. The van der Waals surface area contributed by atoms with Crippen molar-refractivity contribution in [3.63, 3.8) is 0 Å². The van der Waals surface area contributed by atoms with E-state index in [0.29, 0.717) is 42.0 Å². The largest absolute Gasteiger partial charge is 0.486 e. The Bertz CT molecular complexity index is 927. The highest BCUT2D eigenvalue weighted by atomic mass is 35.5. The summed E-state index contributed by atoms with van der Waals surface area (Å²) in [5.74, 6) is 0.759. The third-order valence-electron chi connectivity index (χ3n) is 4.27. The first-order chi connectivity index (χ1) is 13.4. The number of hydrogen-bond acceptors (Lipinski definition) is 4. The number of carbonyl (C=O) groups is 2. The number of rotatable bonds is 5. The summed E-state index contributed by atoms with van der Waals surface area (Å²) in [5.41, 5.74) is 2.24. The van der Waals surface area contributed by atoms with Crippen LogP contribution >= 0.6 is 11.6 Å². The zero-order chi connectivity index (χ0) is 20.1. The van der Waals surface area contributed by atoms with Crippen LogP contribution in [0.25, 0.3) is 6.08 Å². The van der Waals surface area contributed by atoms with Gasteiger partial charge < -0.3 is 19.7 Å². The molecule has 2 amide bonds. The van der Waals surface area contributed by atoms with E-state index in [9.17, 15) is 9.59 Å². The van der Waals surface area contributed by atoms with E-state index in [0.717, 1.165) is 11.1 Å². The van der Waals surface area contributed by atoms with Gasteiger partial charge in [0.1, 0.15) is 13.2 Å². The van der Waals surface area contributed by atoms with Crippen LogP contribution in [-0.4, -0.2) is 37.0 Å². The highest BCUT2D eigenvalue weighted by Gasteiger charge is 2.16. The number of benzene rings is 2. The SMILES string of the molecule is CC(=O)N(C)Cc1ccccc1NC(=O)/C=C/c1cc(Cl)c2c(c1)OCCO2. The summed E-state index contributed by atoms with van der Waals surface area (Å²) in [6.45, 7) is 2.83. The number of nitrogens with zero attached hydrogens (tertiary/aromatic N) is 1. The molecule has 2 aromatic carbocycles. The molecule has 0 aromatic heterocycles. The summed E-state index contributed by atoms with van der Waals surface area (Å²) in [7, 11) is 1.71. The lowest BCUT2D eigenvalue weighted by molar-refractivity contribution is -0.128. The van der Waals surface area contributed by atoms with Gasteiger partial charge >= 0.3 is 0 Å². The predicted molar refractivity (Wildman–Crippen MR) is 109 cm³/mol. The van der Waals surface area contributed by atoms with E-state index in [1.54, 1.807) is 36.2 Å². The monoisotopic (exact) mass is 400 g/mol. The molecule has 0 fully saturated rings. The van der Waals surface area contributed by atoms with Crippen molar-refractivity contribution >= 4 is 35.2 Å². The molecule has 28 heavy (non-hydrogen) atoms. The minimum Gasteiger partial charge on any atom is -0.486 e. The van der Waals surface area contributed by atoms with Gasteiger partial charge in [0, 0.05) is 32.3 Å². The summed E-state index contributed by atoms with van der Waals surface area (Å²) in [6.07, 6.45) is 3.08. The van der Waals surface area contributed by atoms with Crippen LogP contribution in [0.4, 0.5) is 5.69 Å². The van der Waals surface area contributed by atoms with Crippen molar-refractivity contribution < 1.29 is 19.1 Å². The van der Waals surface area contributed by atoms with E-state index in [1.807, 2.05) is 18.2 Å². The topological polar surface area (TPSA) is 67.9 Å². The third-order valence-corrected chi connectivity index (χ3v) is 4.55. The Balaban J connectivity index is 1.71. The number of para-hydroxylation sites is 1. The summed E-state index contributed by atoms with van der Waals surface area (Å²) in [6, 6.07) is 10.9. The van der Waals surface area contributed by atoms with Crippen LogP contribution < -0.4 is 14.8 Å². The lowest BCUT2D eigenvalue weighted by Crippen LogP contribution is -2.24. The Labute approximate surface area is 168 Å². The van der Waals surface area contributed by atoms with Crippen LogP contribution in [0.15, 0.2) is 42.5 Å². The molecule has 3 rings (SSSR count). The highest BCUT2D eigenvalue weighted by Crippen LogP contribution is 2.38. The van der Waals surface area contributed by atoms with Gasteiger partial charge in [-0.15, -0.1) is 0 Å². The van der Waals surface area contributed by atoms with Crippen LogP contribution in [0.1, 0.15) is 18.1 Å². The fourth-order valence-electron chi connectivity index (χ4n) is 2.72. The molecule has 0 saturated heterocycles. The van der Waals surface area contributed by atoms with Crippen molar-refractivity contribution in [2.75, 3.05) is 25.6 Å². The number of halogens is 1. The Morgan fingerprint density at radius 2 is 1.96 bits per heavy atom. The van der Waals surface area contributed by atoms with Gasteiger partial charge in [0.05, 0.1) is 5.02 Å². The Morgan fingerprint density at radius 3 is 2.75 bits per heavy atom. The average molecular weight is 401 g/mol. The molecule has 146 valence electrons. The summed E-state index contributed by atoms with van der Waals surface area (Å²) in [5, 5.41) is 3.29. The van der Waals surface area contributed by atoms with Gasteiger partial charge in [-0.25, -0.2) is 0 Å². The molecule has 0 spiro atoms. The molecule has 2 aromatic rings. The van der Waals surface area contributed by atoms with Crippen LogP contribution in [0.2, 0.25) is 5.02 Å². The molecule has 1 N–H and O–H groups in total. The average Bonchev–Trinajstić information content (AvgIpc) is 2.68. The molecule has 0 bridgehead atoms. The van der Waals surface area contributed by atoms with E-state index >= 15 is 0 Å². The quantitative estimate of drug-likeness (QED) is 0.776. The highest BCUT2D eigenvalue weighted by molar-refractivity contribution is 6.32. The van der Waals surface area contributed by atoms with E-state index in [-0.39, 0.29) is 11.8 Å². The van der Waals surface area contributed by atoms with E-state index < -0.39 is 0 Å². The second kappa shape index (κ2) is 8.80. The van der Waals surface area contributed by atoms with Gasteiger partial charge in [0.2, 0.25) is 11.8 Å². The molecule has 0 unspecified atom stereocenters. The smallest absolute Gasteiger partial charge is 0.248 e. The number of anilines is 1. The van der Waals surface area contributed by atoms with Crippen molar-refractivity contribution in [2.45, 2.75) is 13.5 Å². The lowest BCUT2D eigenvalue weighted by atomic mass is 10.1. The lowest BCUT2D eigenvalue weighted by Gasteiger charge is -2.19. The Morgan fingerprint density at radius 1 is 1.21 bits per heavy atom. The third kappa shape index (κ3) is 4.84. The van der Waals surface area contributed by atoms with Crippen molar-refractivity contribution in [3.8, 4) is 11.5 Å². The molecule has 1 heterocycles. The molecule has 6 nitrogen and oxygen atoms in total. The van der Waals surface area contributed by atoms with Crippen LogP contribution in [0, 0.1) is 0 Å². The van der Waals surface area contributed by atoms with Gasteiger partial charge in [-0.1, -0.05) is 29.8 Å². The maximum Gasteiger partial charge on any atom is 0.248 e. The van der Waals surface area contributed by atoms with Crippen molar-refractivity contribution in [3.05, 3.63) is 58.6 Å². The van der Waals surface area contributed by atoms with Gasteiger partial charge in [-0.3, -0.25) is 9.59 Å². The maximum atomic E-state index is 12.4. The first kappa shape index (κ1) is 19.8. The Kier molecular flexibility index (Phi) is 6.21. The Hall–Kier alpha value is -2.99. The number of carbonyl (C=O) groups excluding carboxylic acids is 2. The molecule has 0 saturated carbocycles. The van der Waals surface area contributed by atoms with Crippen LogP contribution in [-0.2, 0) is 16.1 Å². The number of fused-ring (bicyclic) bond motifs is 1. The maximum absolute atomic E-state index is 12.4. The van der Waals surface area contributed by atoms with Crippen molar-refractivity contribution in [1.29, 1.82) is 0 Å². The number of amides is 2. The zero-order valence-corrected chi connectivity index (χ0v) is 16.5. The molecule has 0 radical (unpaired) electrons. The molecule has 0 atom stereocenters. The predicted octanol–water partition coefficient (Wildman–Crippen LogP) is 3.74. The van der Waals surface area contributed by atoms with E-state index in [4.69, 9.17) is 21.1 Å². The minimum absolute atomic E-state index is 0.0449. The van der Waals surface area contributed by atoms with Gasteiger partial charge in [0.15, 0.2) is 11.5 Å². The second-order valence-electron chi connectivity index (χ2n) is 6.38. The molecule has 0 aliphatic carbocycles. The summed E-state index contributed by atoms with van der Waals surface area (Å²) < 4.78 is 11.0. The van der Waals surface area contributed by atoms with Gasteiger partial charge in [0.25, 0.3) is 0 Å². The normalized spacial score (nSPS) is 12.7. The first-order valence-corrected chi connectivity index (χ1v) is 9.19. The van der Waals surface area contributed by atoms with E-state index in [2.05, 4.69) is 5.32 Å². The van der Waals surface area contributed by atoms with Crippen LogP contribution in [0.5, 0.6) is 11.5 Å². The fraction of sp³-hybridized carbons (Fsp3) is 0.238. The van der Waals surface area contributed by atoms with Crippen molar-refractivity contribution in [1.82, 2.24) is 4.90 Å². The minimum atomic E-state index is -0.288. The van der Waals surface area contributed by atoms with Gasteiger partial charge in [-0.2, -0.15) is 0 Å². The fourth-order valence-corrected chi connectivity index (χ4v) is 2.99. The molecular formula is C21H21ClN2O4. The summed E-state index contributed by atoms with van der Waals surface area (Å²) in [4.78, 5) is 25.4. The second-order valence-corrected chi connectivity index (χ2v) is 6.79. The molecule has 1 aliphatic heterocycles. The number of hydrogen-bond donors (Lipinski definition) is 1. The van der Waals surface area contributed by atoms with E-state index in [1.165, 1.54) is 13.0 Å². The summed E-state index contributed by atoms with van der Waals surface area (Å²) >= 11 is 6.22. The number of nitrogens with one attached hydrogen (secondary N) is 1. The van der Waals surface area contributed by atoms with Crippen LogP contribution in [0.3, 0.4) is 0 Å². The van der Waals surface area contributed by atoms with Gasteiger partial charge in [-0.05, 0) is 35.4 Å². The molecule has 1 aliphatic rings.